The molecule has 0 atom stereocenters. The molecule has 4 aromatic rings. The average Bonchev–Trinajstić information content (AvgIpc) is 3.41. The summed E-state index contributed by atoms with van der Waals surface area (Å²) in [6.07, 6.45) is 1.64. The second-order valence-electron chi connectivity index (χ2n) is 7.41. The monoisotopic (exact) mass is 395 g/mol. The molecule has 144 valence electrons. The zero-order valence-electron chi connectivity index (χ0n) is 16.0. The molecule has 28 heavy (non-hydrogen) atoms. The molecule has 0 bridgehead atoms. The maximum Gasteiger partial charge on any atom is 0.232 e. The smallest absolute Gasteiger partial charge is 0.232 e. The van der Waals surface area contributed by atoms with Gasteiger partial charge in [-0.15, -0.1) is 10.2 Å². The Morgan fingerprint density at radius 1 is 1.04 bits per heavy atom. The third kappa shape index (κ3) is 4.01. The van der Waals surface area contributed by atoms with Crippen LogP contribution < -0.4 is 0 Å². The van der Waals surface area contributed by atoms with E-state index in [0.29, 0.717) is 35.6 Å². The van der Waals surface area contributed by atoms with Crippen molar-refractivity contribution < 1.29 is 8.94 Å². The number of nitrogens with zero attached hydrogens (tertiary/aromatic N) is 5. The van der Waals surface area contributed by atoms with Crippen LogP contribution in [-0.4, -0.2) is 24.9 Å². The summed E-state index contributed by atoms with van der Waals surface area (Å²) in [5.41, 5.74) is 0.988. The van der Waals surface area contributed by atoms with Gasteiger partial charge in [-0.3, -0.25) is 4.57 Å². The van der Waals surface area contributed by atoms with Crippen LogP contribution in [0.25, 0.3) is 11.6 Å². The van der Waals surface area contributed by atoms with E-state index in [4.69, 9.17) is 8.94 Å². The molecule has 0 N–H and O–H groups in total. The van der Waals surface area contributed by atoms with Crippen LogP contribution in [0.4, 0.5) is 0 Å². The summed E-state index contributed by atoms with van der Waals surface area (Å²) in [6, 6.07) is 13.9. The van der Waals surface area contributed by atoms with Crippen LogP contribution in [0.1, 0.15) is 38.0 Å². The van der Waals surface area contributed by atoms with Crippen molar-refractivity contribution in [1.29, 1.82) is 0 Å². The maximum absolute atomic E-state index is 5.54. The highest BCUT2D eigenvalue weighted by molar-refractivity contribution is 7.98. The van der Waals surface area contributed by atoms with Gasteiger partial charge in [-0.25, -0.2) is 0 Å². The van der Waals surface area contributed by atoms with Gasteiger partial charge >= 0.3 is 0 Å². The lowest BCUT2D eigenvalue weighted by Gasteiger charge is -2.10. The molecule has 0 aliphatic rings. The van der Waals surface area contributed by atoms with Crippen molar-refractivity contribution in [2.75, 3.05) is 0 Å². The molecule has 0 fully saturated rings. The van der Waals surface area contributed by atoms with Gasteiger partial charge in [-0.05, 0) is 17.7 Å². The van der Waals surface area contributed by atoms with Gasteiger partial charge in [0.1, 0.15) is 0 Å². The van der Waals surface area contributed by atoms with Crippen LogP contribution in [0.5, 0.6) is 0 Å². The minimum Gasteiger partial charge on any atom is -0.461 e. The first kappa shape index (κ1) is 18.5. The number of hydrogen-bond acceptors (Lipinski definition) is 7. The Hall–Kier alpha value is -2.87. The second-order valence-corrected chi connectivity index (χ2v) is 8.35. The van der Waals surface area contributed by atoms with Crippen molar-refractivity contribution in [2.24, 2.45) is 0 Å². The fourth-order valence-corrected chi connectivity index (χ4v) is 3.42. The molecule has 3 heterocycles. The molecule has 0 aliphatic heterocycles. The van der Waals surface area contributed by atoms with Gasteiger partial charge in [0, 0.05) is 5.41 Å². The Labute approximate surface area is 167 Å². The molecule has 7 nitrogen and oxygen atoms in total. The molecular weight excluding hydrogens is 374 g/mol. The summed E-state index contributed by atoms with van der Waals surface area (Å²) in [4.78, 5) is 4.49. The highest BCUT2D eigenvalue weighted by atomic mass is 32.2. The molecule has 0 radical (unpaired) electrons. The van der Waals surface area contributed by atoms with E-state index in [1.54, 1.807) is 6.26 Å². The highest BCUT2D eigenvalue weighted by Crippen LogP contribution is 2.28. The SMILES string of the molecule is CC(C)(C)c1nc(CSc2nnc(-c3ccco3)n2Cc2ccccc2)no1. The molecule has 0 aliphatic carbocycles. The predicted octanol–water partition coefficient (Wildman–Crippen LogP) is 4.56. The number of benzene rings is 1. The number of rotatable bonds is 6. The zero-order chi connectivity index (χ0) is 19.6. The van der Waals surface area contributed by atoms with E-state index in [1.165, 1.54) is 11.8 Å². The molecule has 0 unspecified atom stereocenters. The van der Waals surface area contributed by atoms with Crippen LogP contribution in [0.15, 0.2) is 62.8 Å². The Kier molecular flexibility index (Phi) is 5.04. The summed E-state index contributed by atoms with van der Waals surface area (Å²) >= 11 is 1.52. The minimum absolute atomic E-state index is 0.171. The van der Waals surface area contributed by atoms with Crippen molar-refractivity contribution in [3.63, 3.8) is 0 Å². The van der Waals surface area contributed by atoms with E-state index in [0.717, 1.165) is 10.7 Å². The first-order valence-electron chi connectivity index (χ1n) is 8.97. The van der Waals surface area contributed by atoms with E-state index < -0.39 is 0 Å². The van der Waals surface area contributed by atoms with E-state index in [9.17, 15) is 0 Å². The zero-order valence-corrected chi connectivity index (χ0v) is 16.8. The Morgan fingerprint density at radius 2 is 1.86 bits per heavy atom. The summed E-state index contributed by atoms with van der Waals surface area (Å²) in [5, 5.41) is 13.6. The van der Waals surface area contributed by atoms with Crippen LogP contribution in [-0.2, 0) is 17.7 Å². The van der Waals surface area contributed by atoms with Crippen molar-refractivity contribution in [3.8, 4) is 11.6 Å². The van der Waals surface area contributed by atoms with Crippen LogP contribution in [0.2, 0.25) is 0 Å². The lowest BCUT2D eigenvalue weighted by molar-refractivity contribution is 0.319. The number of hydrogen-bond donors (Lipinski definition) is 0. The second kappa shape index (κ2) is 7.63. The number of aromatic nitrogens is 5. The summed E-state index contributed by atoms with van der Waals surface area (Å²) < 4.78 is 13.0. The fraction of sp³-hybridized carbons (Fsp3) is 0.300. The Balaban J connectivity index is 1.59. The number of furan rings is 1. The van der Waals surface area contributed by atoms with Crippen LogP contribution in [0, 0.1) is 0 Å². The molecule has 0 amide bonds. The molecular formula is C20H21N5O2S. The van der Waals surface area contributed by atoms with E-state index in [2.05, 4.69) is 32.5 Å². The van der Waals surface area contributed by atoms with Gasteiger partial charge < -0.3 is 8.94 Å². The van der Waals surface area contributed by atoms with Crippen molar-refractivity contribution in [1.82, 2.24) is 24.9 Å². The Bertz CT molecular complexity index is 1030. The van der Waals surface area contributed by atoms with Gasteiger partial charge in [0.25, 0.3) is 0 Å². The molecule has 0 saturated heterocycles. The summed E-state index contributed by atoms with van der Waals surface area (Å²) in [6.45, 7) is 6.78. The van der Waals surface area contributed by atoms with Crippen LogP contribution >= 0.6 is 11.8 Å². The number of thioether (sulfide) groups is 1. The van der Waals surface area contributed by atoms with Gasteiger partial charge in [0.15, 0.2) is 16.7 Å². The Morgan fingerprint density at radius 3 is 2.54 bits per heavy atom. The van der Waals surface area contributed by atoms with E-state index in [1.807, 2.05) is 55.7 Å². The summed E-state index contributed by atoms with van der Waals surface area (Å²) in [5.74, 6) is 3.20. The lowest BCUT2D eigenvalue weighted by atomic mass is 9.97. The molecule has 4 rings (SSSR count). The van der Waals surface area contributed by atoms with Crippen LogP contribution in [0.3, 0.4) is 0 Å². The van der Waals surface area contributed by atoms with Gasteiger partial charge in [0.2, 0.25) is 11.7 Å². The topological polar surface area (TPSA) is 82.8 Å². The molecule has 0 saturated carbocycles. The molecule has 0 spiro atoms. The van der Waals surface area contributed by atoms with E-state index >= 15 is 0 Å². The summed E-state index contributed by atoms with van der Waals surface area (Å²) in [7, 11) is 0. The van der Waals surface area contributed by atoms with Gasteiger partial charge in [-0.2, -0.15) is 4.98 Å². The third-order valence-electron chi connectivity index (χ3n) is 4.08. The first-order chi connectivity index (χ1) is 13.5. The standard InChI is InChI=1S/C20H21N5O2S/c1-20(2,3)18-21-16(24-27-18)13-28-19-23-22-17(15-10-7-11-26-15)25(19)12-14-8-5-4-6-9-14/h4-11H,12-13H2,1-3H3. The first-order valence-corrected chi connectivity index (χ1v) is 9.96. The molecule has 8 heteroatoms. The van der Waals surface area contributed by atoms with Crippen molar-refractivity contribution in [2.45, 2.75) is 43.6 Å². The fourth-order valence-electron chi connectivity index (χ4n) is 2.64. The largest absolute Gasteiger partial charge is 0.461 e. The normalized spacial score (nSPS) is 11.8. The van der Waals surface area contributed by atoms with E-state index in [-0.39, 0.29) is 5.41 Å². The van der Waals surface area contributed by atoms with Crippen molar-refractivity contribution in [3.05, 3.63) is 66.0 Å². The minimum atomic E-state index is -0.171. The molecule has 1 aromatic carbocycles. The van der Waals surface area contributed by atoms with Crippen molar-refractivity contribution >= 4 is 11.8 Å². The average molecular weight is 395 g/mol. The highest BCUT2D eigenvalue weighted by Gasteiger charge is 2.22. The van der Waals surface area contributed by atoms with Gasteiger partial charge in [-0.1, -0.05) is 68.0 Å². The maximum atomic E-state index is 5.54. The lowest BCUT2D eigenvalue weighted by Crippen LogP contribution is -2.11. The quantitative estimate of drug-likeness (QED) is 0.443. The predicted molar refractivity (Wildman–Crippen MR) is 106 cm³/mol. The third-order valence-corrected chi connectivity index (χ3v) is 5.04. The van der Waals surface area contributed by atoms with Gasteiger partial charge in [0.05, 0.1) is 18.6 Å². The molecule has 3 aromatic heterocycles.